The summed E-state index contributed by atoms with van der Waals surface area (Å²) >= 11 is 0. The Bertz CT molecular complexity index is 2990. The highest BCUT2D eigenvalue weighted by molar-refractivity contribution is 7.89. The van der Waals surface area contributed by atoms with Gasteiger partial charge < -0.3 is 37.9 Å². The molecule has 8 bridgehead atoms. The van der Waals surface area contributed by atoms with E-state index in [2.05, 4.69) is 71.8 Å². The summed E-state index contributed by atoms with van der Waals surface area (Å²) < 4.78 is 113. The molecule has 20 rings (SSSR count). The van der Waals surface area contributed by atoms with Gasteiger partial charge in [0.2, 0.25) is 43.2 Å². The Hall–Kier alpha value is -0.690. The summed E-state index contributed by atoms with van der Waals surface area (Å²) in [5, 5.41) is 0. The molecule has 16 aliphatic heterocycles. The lowest BCUT2D eigenvalue weighted by molar-refractivity contribution is -0.576. The summed E-state index contributed by atoms with van der Waals surface area (Å²) in [6, 6.07) is 0. The average molecular weight is 1390 g/mol. The zero-order valence-electron chi connectivity index (χ0n) is 59.7. The summed E-state index contributed by atoms with van der Waals surface area (Å²) in [4.78, 5) is 48.9. The molecule has 4 aliphatic carbocycles. The van der Waals surface area contributed by atoms with Crippen LogP contribution in [0.4, 0.5) is 0 Å². The number of rotatable bonds is 14. The van der Waals surface area contributed by atoms with Crippen LogP contribution in [-0.4, -0.2) is 150 Å². The Kier molecular flexibility index (Phi) is 17.7. The second-order valence-corrected chi connectivity index (χ2v) is 39.1. The summed E-state index contributed by atoms with van der Waals surface area (Å²) in [5.41, 5.74) is -6.43. The van der Waals surface area contributed by atoms with E-state index >= 15 is 0 Å². The van der Waals surface area contributed by atoms with Crippen molar-refractivity contribution in [3.63, 3.8) is 0 Å². The Morgan fingerprint density at radius 3 is 0.948 bits per heavy atom. The maximum atomic E-state index is 13.6. The molecule has 20 fully saturated rings. The third-order valence-corrected chi connectivity index (χ3v) is 32.6. The van der Waals surface area contributed by atoms with Crippen LogP contribution in [0.3, 0.4) is 0 Å². The largest absolute Gasteiger partial charge is 0.353 e. The highest BCUT2D eigenvalue weighted by Gasteiger charge is 2.76. The van der Waals surface area contributed by atoms with Crippen molar-refractivity contribution in [2.45, 2.75) is 318 Å². The van der Waals surface area contributed by atoms with Gasteiger partial charge in [-0.3, -0.25) is 0 Å². The molecular weight excluding hydrogens is 1270 g/mol. The molecule has 32 atom stereocenters. The second kappa shape index (κ2) is 23.9. The molecule has 16 saturated heterocycles. The van der Waals surface area contributed by atoms with Crippen LogP contribution < -0.4 is 9.44 Å². The van der Waals surface area contributed by atoms with Crippen LogP contribution in [-0.2, 0) is 97.0 Å². The average Bonchev–Trinajstić information content (AvgIpc) is 1.31. The molecule has 0 amide bonds. The van der Waals surface area contributed by atoms with Gasteiger partial charge >= 0.3 is 0 Å². The SMILES string of the molecule is [B][C@]1(CCNS(=O)(=O)CC[C@@]2(C)O[C@@H]3O[C@]4(C)CC[C@H]5[C@H](C)CC[C@@H]([C@H]2C)[C@@]35OO4)O[C@@H]2O[C@@]3(C)CC[C@H]4[C@H](C)CC[C@@H]([C@H]1C)[C@@]24OO3.[B][C@]1(CCS(=O)(=O)NCC[C@@]2(C)O[C@@H]3O[C@]4(C)CC[C@H]5[C@H](C)CC[C@@H]([C@H]2C)[C@@]35OO4)O[C@@H]2O[C@@]3(C)CC[C@H]4[C@H](C)CC[C@@H]([C@H]1C)[C@@]24OO3. The maximum Gasteiger partial charge on any atom is 0.211 e. The third kappa shape index (κ3) is 11.0. The Morgan fingerprint density at radius 1 is 0.323 bits per heavy atom. The van der Waals surface area contributed by atoms with Gasteiger partial charge in [0.1, 0.15) is 15.7 Å². The van der Waals surface area contributed by atoms with Gasteiger partial charge in [-0.1, -0.05) is 55.4 Å². The fourth-order valence-electron chi connectivity index (χ4n) is 23.2. The van der Waals surface area contributed by atoms with Crippen LogP contribution in [0.15, 0.2) is 0 Å². The molecule has 16 heterocycles. The fourth-order valence-corrected chi connectivity index (χ4v) is 25.5. The first-order valence-corrected chi connectivity index (χ1v) is 40.7. The van der Waals surface area contributed by atoms with Crippen molar-refractivity contribution >= 4 is 35.7 Å². The van der Waals surface area contributed by atoms with Crippen LogP contribution >= 0.6 is 0 Å². The molecule has 4 saturated carbocycles. The Labute approximate surface area is 573 Å². The number of hydrogen-bond acceptors (Lipinski definition) is 20. The maximum absolute atomic E-state index is 13.6. The van der Waals surface area contributed by atoms with E-state index in [1.165, 1.54) is 0 Å². The quantitative estimate of drug-likeness (QED) is 0.121. The summed E-state index contributed by atoms with van der Waals surface area (Å²) in [7, 11) is 6.71. The van der Waals surface area contributed by atoms with Crippen LogP contribution in [0.1, 0.15) is 225 Å². The number of nitrogens with one attached hydrogen (secondary N) is 2. The van der Waals surface area contributed by atoms with Gasteiger partial charge in [-0.2, -0.15) is 0 Å². The number of ether oxygens (including phenoxy) is 8. The minimum atomic E-state index is -3.69. The van der Waals surface area contributed by atoms with Gasteiger partial charge in [0.15, 0.2) is 47.6 Å². The molecule has 22 nitrogen and oxygen atoms in total. The van der Waals surface area contributed by atoms with E-state index in [9.17, 15) is 16.8 Å². The van der Waals surface area contributed by atoms with Crippen molar-refractivity contribution in [3.8, 4) is 0 Å². The predicted octanol–water partition coefficient (Wildman–Crippen LogP) is 10.1. The van der Waals surface area contributed by atoms with E-state index in [0.29, 0.717) is 49.4 Å². The number of hydrogen-bond donors (Lipinski definition) is 2. The molecule has 0 aromatic heterocycles. The van der Waals surface area contributed by atoms with Gasteiger partial charge in [0.05, 0.1) is 22.7 Å². The molecule has 0 unspecified atom stereocenters. The molecule has 96 heavy (non-hydrogen) atoms. The van der Waals surface area contributed by atoms with Gasteiger partial charge in [0.25, 0.3) is 0 Å². The van der Waals surface area contributed by atoms with E-state index in [1.54, 1.807) is 0 Å². The zero-order valence-corrected chi connectivity index (χ0v) is 61.3. The van der Waals surface area contributed by atoms with Crippen LogP contribution in [0.5, 0.6) is 0 Å². The van der Waals surface area contributed by atoms with Crippen LogP contribution in [0, 0.1) is 94.7 Å². The van der Waals surface area contributed by atoms with E-state index in [-0.39, 0.29) is 102 Å². The summed E-state index contributed by atoms with van der Waals surface area (Å²) in [5.74, 6) is -0.722. The first-order valence-electron chi connectivity index (χ1n) is 37.4. The Balaban J connectivity index is 0.000000158. The second-order valence-electron chi connectivity index (χ2n) is 35.2. The van der Waals surface area contributed by atoms with Crippen molar-refractivity contribution in [3.05, 3.63) is 0 Å². The lowest BCUT2D eigenvalue weighted by Gasteiger charge is -2.63. The van der Waals surface area contributed by atoms with Crippen molar-refractivity contribution < 1.29 is 93.8 Å². The molecule has 540 valence electrons. The minimum absolute atomic E-state index is 0.0226. The monoisotopic (exact) mass is 1390 g/mol. The zero-order chi connectivity index (χ0) is 68.2. The lowest BCUT2D eigenvalue weighted by atomic mass is 9.52. The molecule has 0 aromatic carbocycles. The van der Waals surface area contributed by atoms with Crippen molar-refractivity contribution in [1.82, 2.24) is 9.44 Å². The lowest BCUT2D eigenvalue weighted by Crippen LogP contribution is -2.73. The van der Waals surface area contributed by atoms with Gasteiger partial charge in [-0.15, -0.1) is 0 Å². The first kappa shape index (κ1) is 70.9. The van der Waals surface area contributed by atoms with Crippen LogP contribution in [0.25, 0.3) is 0 Å². The molecule has 4 spiro atoms. The normalized spacial score (nSPS) is 57.3. The molecule has 0 aromatic rings. The third-order valence-electron chi connectivity index (χ3n) is 29.8. The number of sulfonamides is 2. The Morgan fingerprint density at radius 2 is 0.604 bits per heavy atom. The summed E-state index contributed by atoms with van der Waals surface area (Å²) in [6.07, 6.45) is 13.5. The minimum Gasteiger partial charge on any atom is -0.353 e. The van der Waals surface area contributed by atoms with Crippen molar-refractivity contribution in [2.75, 3.05) is 24.6 Å². The van der Waals surface area contributed by atoms with Gasteiger partial charge in [0, 0.05) is 73.4 Å². The molecule has 26 heteroatoms. The topological polar surface area (TPSA) is 240 Å². The van der Waals surface area contributed by atoms with Crippen molar-refractivity contribution in [1.29, 1.82) is 0 Å². The number of fused-ring (bicyclic) bond motifs is 8. The van der Waals surface area contributed by atoms with Gasteiger partial charge in [-0.25, -0.2) is 65.4 Å². The van der Waals surface area contributed by atoms with E-state index in [1.807, 2.05) is 34.6 Å². The molecule has 2 N–H and O–H groups in total. The highest BCUT2D eigenvalue weighted by Crippen LogP contribution is 2.68. The van der Waals surface area contributed by atoms with Gasteiger partial charge in [-0.05, 0) is 215 Å². The predicted molar refractivity (Wildman–Crippen MR) is 348 cm³/mol. The van der Waals surface area contributed by atoms with Crippen LogP contribution in [0.2, 0.25) is 0 Å². The van der Waals surface area contributed by atoms with E-state index < -0.39 is 113 Å². The van der Waals surface area contributed by atoms with Crippen molar-refractivity contribution in [2.24, 2.45) is 94.7 Å². The summed E-state index contributed by atoms with van der Waals surface area (Å²) in [6.45, 7) is 29.8. The molecular formula is C70H112B2N2O20S2. The van der Waals surface area contributed by atoms with E-state index in [4.69, 9.17) is 92.7 Å². The van der Waals surface area contributed by atoms with E-state index in [0.717, 1.165) is 96.3 Å². The molecule has 4 radical (unpaired) electrons. The first-order chi connectivity index (χ1) is 45.0. The molecule has 20 aliphatic rings. The smallest absolute Gasteiger partial charge is 0.211 e. The highest BCUT2D eigenvalue weighted by atomic mass is 32.2. The standard InChI is InChI=1S/2C35H56BNO10S/c1-20-8-10-26-22(3)30(5,40-28-34(26)24(20)12-14-31(6,41-28)44-46-34)17-19-48(38,39)37-18-16-33(36)23(4)27-11-9-21(2)25-13-15-32(7)42-29(43-33)35(25,27)47-45-32;1-20-8-10-26-22(3)30(5,40-28-34(26)24(20)12-14-31(6,41-28)44-46-34)16-18-37-48(38,39)19-17-33(36)23(4)27-11-9-21(2)25-13-15-32(7)42-29(43-33)35(25,27)47-45-32/h2*20-29,37H,8-19H2,1-7H3/t2*20-,21-,22-,23-,24+,25+,26+,27+,28-,29+,30-,31+,32-,33-,34-,35-/m11/s1. The fraction of sp³-hybridized carbons (Fsp3) is 1.00.